The van der Waals surface area contributed by atoms with E-state index in [9.17, 15) is 4.79 Å². The van der Waals surface area contributed by atoms with Crippen molar-refractivity contribution in [2.24, 2.45) is 0 Å². The molecule has 0 saturated heterocycles. The molecule has 0 saturated carbocycles. The zero-order chi connectivity index (χ0) is 14.8. The van der Waals surface area contributed by atoms with Gasteiger partial charge in [-0.1, -0.05) is 19.1 Å². The van der Waals surface area contributed by atoms with Crippen molar-refractivity contribution in [3.05, 3.63) is 53.6 Å². The quantitative estimate of drug-likeness (QED) is 0.799. The summed E-state index contributed by atoms with van der Waals surface area (Å²) in [6, 6.07) is 7.80. The van der Waals surface area contributed by atoms with Gasteiger partial charge in [-0.05, 0) is 31.0 Å². The Morgan fingerprint density at radius 3 is 2.71 bits per heavy atom. The summed E-state index contributed by atoms with van der Waals surface area (Å²) < 4.78 is 1.55. The second kappa shape index (κ2) is 5.32. The van der Waals surface area contributed by atoms with E-state index in [0.717, 1.165) is 12.1 Å². The fourth-order valence-corrected chi connectivity index (χ4v) is 2.13. The van der Waals surface area contributed by atoms with E-state index in [2.05, 4.69) is 27.3 Å². The molecule has 0 aliphatic rings. The lowest BCUT2D eigenvalue weighted by molar-refractivity contribution is 0.102. The van der Waals surface area contributed by atoms with Gasteiger partial charge < -0.3 is 5.32 Å². The summed E-state index contributed by atoms with van der Waals surface area (Å²) in [6.45, 7) is 3.91. The minimum Gasteiger partial charge on any atom is -0.322 e. The summed E-state index contributed by atoms with van der Waals surface area (Å²) in [5.74, 6) is 0.276. The molecule has 0 aliphatic carbocycles. The second-order valence-electron chi connectivity index (χ2n) is 4.73. The zero-order valence-corrected chi connectivity index (χ0v) is 11.9. The topological polar surface area (TPSA) is 72.2 Å². The fourth-order valence-electron chi connectivity index (χ4n) is 2.13. The third kappa shape index (κ3) is 2.47. The van der Waals surface area contributed by atoms with Crippen LogP contribution in [0.2, 0.25) is 0 Å². The van der Waals surface area contributed by atoms with Crippen LogP contribution in [0.3, 0.4) is 0 Å². The number of hydrogen-bond donors (Lipinski definition) is 1. The smallest absolute Gasteiger partial charge is 0.259 e. The van der Waals surface area contributed by atoms with Gasteiger partial charge in [0.15, 0.2) is 0 Å². The molecule has 0 aliphatic heterocycles. The number of carbonyl (C=O) groups excluding carboxylic acids is 1. The monoisotopic (exact) mass is 281 g/mol. The van der Waals surface area contributed by atoms with Crippen LogP contribution in [0.15, 0.2) is 36.8 Å². The lowest BCUT2D eigenvalue weighted by atomic mass is 10.1. The molecule has 3 rings (SSSR count). The number of anilines is 1. The van der Waals surface area contributed by atoms with Crippen molar-refractivity contribution >= 4 is 17.4 Å². The molecule has 0 bridgehead atoms. The molecular formula is C15H15N5O. The molecule has 0 radical (unpaired) electrons. The number of rotatable bonds is 3. The van der Waals surface area contributed by atoms with Crippen LogP contribution in [-0.2, 0) is 6.42 Å². The van der Waals surface area contributed by atoms with Crippen molar-refractivity contribution in [3.63, 3.8) is 0 Å². The normalized spacial score (nSPS) is 10.8. The summed E-state index contributed by atoms with van der Waals surface area (Å²) in [5, 5.41) is 6.92. The minimum atomic E-state index is -0.207. The molecule has 6 nitrogen and oxygen atoms in total. The van der Waals surface area contributed by atoms with Crippen LogP contribution in [-0.4, -0.2) is 25.5 Å². The Morgan fingerprint density at radius 2 is 2.00 bits per heavy atom. The molecule has 0 spiro atoms. The fraction of sp³-hybridized carbons (Fsp3) is 0.200. The largest absolute Gasteiger partial charge is 0.322 e. The summed E-state index contributed by atoms with van der Waals surface area (Å²) in [4.78, 5) is 20.5. The van der Waals surface area contributed by atoms with E-state index in [1.165, 1.54) is 18.1 Å². The molecule has 1 N–H and O–H groups in total. The third-order valence-corrected chi connectivity index (χ3v) is 3.41. The Hall–Kier alpha value is -2.76. The summed E-state index contributed by atoms with van der Waals surface area (Å²) in [6.07, 6.45) is 3.91. The Bertz CT molecular complexity index is 791. The van der Waals surface area contributed by atoms with Gasteiger partial charge in [0.1, 0.15) is 6.33 Å². The predicted octanol–water partition coefficient (Wildman–Crippen LogP) is 2.25. The molecular weight excluding hydrogens is 266 g/mol. The molecule has 0 fully saturated rings. The Labute approximate surface area is 121 Å². The van der Waals surface area contributed by atoms with Gasteiger partial charge in [0.05, 0.1) is 11.3 Å². The van der Waals surface area contributed by atoms with E-state index in [1.54, 1.807) is 4.52 Å². The SMILES string of the molecule is CCc1ccc(NC(=O)c2cnc3ncnn3c2C)cc1. The molecule has 106 valence electrons. The van der Waals surface area contributed by atoms with E-state index in [1.807, 2.05) is 31.2 Å². The van der Waals surface area contributed by atoms with Gasteiger partial charge in [0.25, 0.3) is 11.7 Å². The van der Waals surface area contributed by atoms with Crippen molar-refractivity contribution in [2.45, 2.75) is 20.3 Å². The highest BCUT2D eigenvalue weighted by atomic mass is 16.1. The van der Waals surface area contributed by atoms with Crippen molar-refractivity contribution in [3.8, 4) is 0 Å². The van der Waals surface area contributed by atoms with Crippen LogP contribution in [0.5, 0.6) is 0 Å². The number of benzene rings is 1. The van der Waals surface area contributed by atoms with Gasteiger partial charge in [-0.3, -0.25) is 4.79 Å². The van der Waals surface area contributed by atoms with Crippen LogP contribution < -0.4 is 5.32 Å². The molecule has 0 unspecified atom stereocenters. The average molecular weight is 281 g/mol. The lowest BCUT2D eigenvalue weighted by Crippen LogP contribution is -2.16. The maximum Gasteiger partial charge on any atom is 0.259 e. The van der Waals surface area contributed by atoms with E-state index in [0.29, 0.717) is 17.0 Å². The minimum absolute atomic E-state index is 0.207. The van der Waals surface area contributed by atoms with Crippen molar-refractivity contribution in [1.82, 2.24) is 19.6 Å². The molecule has 2 heterocycles. The number of hydrogen-bond acceptors (Lipinski definition) is 4. The predicted molar refractivity (Wildman–Crippen MR) is 79.3 cm³/mol. The van der Waals surface area contributed by atoms with E-state index < -0.39 is 0 Å². The van der Waals surface area contributed by atoms with Gasteiger partial charge in [0.2, 0.25) is 0 Å². The molecule has 6 heteroatoms. The first-order valence-corrected chi connectivity index (χ1v) is 6.74. The van der Waals surface area contributed by atoms with Crippen molar-refractivity contribution in [2.75, 3.05) is 5.32 Å². The van der Waals surface area contributed by atoms with Crippen molar-refractivity contribution in [1.29, 1.82) is 0 Å². The Kier molecular flexibility index (Phi) is 3.35. The highest BCUT2D eigenvalue weighted by Crippen LogP contribution is 2.13. The molecule has 3 aromatic rings. The maximum atomic E-state index is 12.3. The standard InChI is InChI=1S/C15H15N5O/c1-3-11-4-6-12(7-5-11)19-14(21)13-8-16-15-17-9-18-20(15)10(13)2/h4-9H,3H2,1-2H3,(H,19,21). The summed E-state index contributed by atoms with van der Waals surface area (Å²) >= 11 is 0. The number of nitrogens with one attached hydrogen (secondary N) is 1. The van der Waals surface area contributed by atoms with Gasteiger partial charge >= 0.3 is 0 Å². The number of amides is 1. The zero-order valence-electron chi connectivity index (χ0n) is 11.9. The number of aryl methyl sites for hydroxylation is 2. The molecule has 1 aromatic carbocycles. The summed E-state index contributed by atoms with van der Waals surface area (Å²) in [5.41, 5.74) is 3.18. The number of aromatic nitrogens is 4. The average Bonchev–Trinajstić information content (AvgIpc) is 2.98. The highest BCUT2D eigenvalue weighted by molar-refractivity contribution is 6.04. The first-order chi connectivity index (χ1) is 10.2. The number of fused-ring (bicyclic) bond motifs is 1. The lowest BCUT2D eigenvalue weighted by Gasteiger charge is -2.08. The highest BCUT2D eigenvalue weighted by Gasteiger charge is 2.13. The van der Waals surface area contributed by atoms with Crippen LogP contribution in [0.4, 0.5) is 5.69 Å². The molecule has 0 atom stereocenters. The van der Waals surface area contributed by atoms with Gasteiger partial charge in [-0.2, -0.15) is 10.1 Å². The molecule has 1 amide bonds. The summed E-state index contributed by atoms with van der Waals surface area (Å²) in [7, 11) is 0. The maximum absolute atomic E-state index is 12.3. The van der Waals surface area contributed by atoms with Crippen LogP contribution >= 0.6 is 0 Å². The van der Waals surface area contributed by atoms with Gasteiger partial charge in [0, 0.05) is 11.9 Å². The second-order valence-corrected chi connectivity index (χ2v) is 4.73. The Morgan fingerprint density at radius 1 is 1.24 bits per heavy atom. The third-order valence-electron chi connectivity index (χ3n) is 3.41. The number of nitrogens with zero attached hydrogens (tertiary/aromatic N) is 4. The van der Waals surface area contributed by atoms with Crippen LogP contribution in [0, 0.1) is 6.92 Å². The van der Waals surface area contributed by atoms with E-state index in [4.69, 9.17) is 0 Å². The first kappa shape index (κ1) is 13.2. The van der Waals surface area contributed by atoms with Crippen LogP contribution in [0.1, 0.15) is 28.5 Å². The van der Waals surface area contributed by atoms with Crippen molar-refractivity contribution < 1.29 is 4.79 Å². The Balaban J connectivity index is 1.87. The molecule has 21 heavy (non-hydrogen) atoms. The van der Waals surface area contributed by atoms with E-state index in [-0.39, 0.29) is 5.91 Å². The van der Waals surface area contributed by atoms with E-state index >= 15 is 0 Å². The number of carbonyl (C=O) groups is 1. The first-order valence-electron chi connectivity index (χ1n) is 6.74. The van der Waals surface area contributed by atoms with Crippen LogP contribution in [0.25, 0.3) is 5.78 Å². The van der Waals surface area contributed by atoms with Gasteiger partial charge in [-0.25, -0.2) is 9.50 Å². The van der Waals surface area contributed by atoms with Gasteiger partial charge in [-0.15, -0.1) is 0 Å². The molecule has 2 aromatic heterocycles.